The third kappa shape index (κ3) is 4.68. The molecule has 0 spiro atoms. The van der Waals surface area contributed by atoms with Crippen molar-refractivity contribution in [1.29, 1.82) is 0 Å². The van der Waals surface area contributed by atoms with E-state index in [4.69, 9.17) is 4.74 Å². The minimum Gasteiger partial charge on any atom is -0.458 e. The van der Waals surface area contributed by atoms with Crippen LogP contribution in [0.1, 0.15) is 26.2 Å². The first-order valence-electron chi connectivity index (χ1n) is 7.00. The first-order chi connectivity index (χ1) is 9.62. The van der Waals surface area contributed by atoms with Gasteiger partial charge in [0.25, 0.3) is 0 Å². The van der Waals surface area contributed by atoms with Gasteiger partial charge in [-0.3, -0.25) is 9.59 Å². The predicted octanol–water partition coefficient (Wildman–Crippen LogP) is 2.48. The maximum Gasteiger partial charge on any atom is 0.306 e. The van der Waals surface area contributed by atoms with E-state index in [0.29, 0.717) is 32.4 Å². The molecule has 20 heavy (non-hydrogen) atoms. The molecule has 2 atom stereocenters. The van der Waals surface area contributed by atoms with Gasteiger partial charge in [-0.05, 0) is 18.9 Å². The summed E-state index contributed by atoms with van der Waals surface area (Å²) in [5.41, 5.74) is 0. The molecule has 0 radical (unpaired) electrons. The van der Waals surface area contributed by atoms with Gasteiger partial charge < -0.3 is 9.64 Å². The quantitative estimate of drug-likeness (QED) is 0.530. The molecule has 110 valence electrons. The van der Waals surface area contributed by atoms with E-state index in [2.05, 4.69) is 13.2 Å². The molecule has 0 N–H and O–H groups in total. The SMILES string of the molecule is C=CCN(CC=C)C(=O)C1C=CC(OC(=O)CC)CC1. The Hall–Kier alpha value is -1.84. The molecule has 1 aliphatic rings. The maximum absolute atomic E-state index is 12.3. The maximum atomic E-state index is 12.3. The van der Waals surface area contributed by atoms with E-state index in [9.17, 15) is 9.59 Å². The second-order valence-electron chi connectivity index (χ2n) is 4.77. The van der Waals surface area contributed by atoms with Crippen LogP contribution in [0.25, 0.3) is 0 Å². The second kappa shape index (κ2) is 8.35. The molecular formula is C16H23NO3. The smallest absolute Gasteiger partial charge is 0.306 e. The molecule has 4 nitrogen and oxygen atoms in total. The van der Waals surface area contributed by atoms with Crippen LogP contribution < -0.4 is 0 Å². The third-order valence-corrected chi connectivity index (χ3v) is 3.22. The summed E-state index contributed by atoms with van der Waals surface area (Å²) in [4.78, 5) is 25.3. The highest BCUT2D eigenvalue weighted by molar-refractivity contribution is 5.81. The van der Waals surface area contributed by atoms with Crippen molar-refractivity contribution in [3.05, 3.63) is 37.5 Å². The summed E-state index contributed by atoms with van der Waals surface area (Å²) in [5.74, 6) is -0.280. The molecule has 2 unspecified atom stereocenters. The fourth-order valence-corrected chi connectivity index (χ4v) is 2.15. The van der Waals surface area contributed by atoms with Crippen molar-refractivity contribution >= 4 is 11.9 Å². The van der Waals surface area contributed by atoms with Crippen LogP contribution in [0.5, 0.6) is 0 Å². The summed E-state index contributed by atoms with van der Waals surface area (Å²) in [7, 11) is 0. The van der Waals surface area contributed by atoms with Crippen LogP contribution in [0.15, 0.2) is 37.5 Å². The van der Waals surface area contributed by atoms with Gasteiger partial charge in [0, 0.05) is 19.5 Å². The van der Waals surface area contributed by atoms with Gasteiger partial charge in [0.05, 0.1) is 5.92 Å². The molecule has 0 bridgehead atoms. The number of ether oxygens (including phenoxy) is 1. The molecule has 0 saturated carbocycles. The van der Waals surface area contributed by atoms with Gasteiger partial charge in [0.2, 0.25) is 5.91 Å². The monoisotopic (exact) mass is 277 g/mol. The van der Waals surface area contributed by atoms with Crippen molar-refractivity contribution in [1.82, 2.24) is 4.90 Å². The van der Waals surface area contributed by atoms with Crippen LogP contribution in [0.2, 0.25) is 0 Å². The van der Waals surface area contributed by atoms with E-state index in [1.54, 1.807) is 24.0 Å². The normalized spacial score (nSPS) is 21.1. The topological polar surface area (TPSA) is 46.6 Å². The fraction of sp³-hybridized carbons (Fsp3) is 0.500. The lowest BCUT2D eigenvalue weighted by molar-refractivity contribution is -0.147. The molecule has 1 aliphatic carbocycles. The summed E-state index contributed by atoms with van der Waals surface area (Å²) in [5, 5.41) is 0. The van der Waals surface area contributed by atoms with Crippen molar-refractivity contribution in [2.45, 2.75) is 32.3 Å². The lowest BCUT2D eigenvalue weighted by Crippen LogP contribution is -2.37. The number of hydrogen-bond donors (Lipinski definition) is 0. The summed E-state index contributed by atoms with van der Waals surface area (Å²) in [6.45, 7) is 10.1. The number of rotatable bonds is 7. The van der Waals surface area contributed by atoms with Crippen LogP contribution >= 0.6 is 0 Å². The van der Waals surface area contributed by atoms with Gasteiger partial charge in [0.1, 0.15) is 6.10 Å². The van der Waals surface area contributed by atoms with Crippen LogP contribution in [-0.4, -0.2) is 36.0 Å². The fourth-order valence-electron chi connectivity index (χ4n) is 2.15. The molecule has 0 heterocycles. The zero-order valence-corrected chi connectivity index (χ0v) is 12.1. The first kappa shape index (κ1) is 16.2. The van der Waals surface area contributed by atoms with Gasteiger partial charge in [-0.1, -0.05) is 25.2 Å². The van der Waals surface area contributed by atoms with Gasteiger partial charge in [-0.25, -0.2) is 0 Å². The predicted molar refractivity (Wildman–Crippen MR) is 79.0 cm³/mol. The van der Waals surface area contributed by atoms with Gasteiger partial charge in [-0.15, -0.1) is 13.2 Å². The van der Waals surface area contributed by atoms with Crippen molar-refractivity contribution in [2.75, 3.05) is 13.1 Å². The van der Waals surface area contributed by atoms with Crippen LogP contribution in [0.4, 0.5) is 0 Å². The summed E-state index contributed by atoms with van der Waals surface area (Å²) < 4.78 is 5.24. The molecule has 1 rings (SSSR count). The highest BCUT2D eigenvalue weighted by Crippen LogP contribution is 2.22. The van der Waals surface area contributed by atoms with E-state index >= 15 is 0 Å². The summed E-state index contributed by atoms with van der Waals surface area (Å²) >= 11 is 0. The van der Waals surface area contributed by atoms with Crippen molar-refractivity contribution in [2.24, 2.45) is 5.92 Å². The molecule has 0 aromatic rings. The Morgan fingerprint density at radius 1 is 1.25 bits per heavy atom. The Bertz CT molecular complexity index is 391. The van der Waals surface area contributed by atoms with Crippen molar-refractivity contribution in [3.63, 3.8) is 0 Å². The van der Waals surface area contributed by atoms with E-state index in [1.807, 2.05) is 12.2 Å². The average Bonchev–Trinajstić information content (AvgIpc) is 2.47. The number of nitrogens with zero attached hydrogens (tertiary/aromatic N) is 1. The van der Waals surface area contributed by atoms with Crippen LogP contribution in [0.3, 0.4) is 0 Å². The van der Waals surface area contributed by atoms with Gasteiger partial charge in [0.15, 0.2) is 0 Å². The lowest BCUT2D eigenvalue weighted by Gasteiger charge is -2.27. The Balaban J connectivity index is 2.59. The second-order valence-corrected chi connectivity index (χ2v) is 4.77. The van der Waals surface area contributed by atoms with Gasteiger partial charge >= 0.3 is 5.97 Å². The van der Waals surface area contributed by atoms with E-state index in [-0.39, 0.29) is 23.9 Å². The van der Waals surface area contributed by atoms with Crippen LogP contribution in [0, 0.1) is 5.92 Å². The zero-order valence-electron chi connectivity index (χ0n) is 12.1. The number of hydrogen-bond acceptors (Lipinski definition) is 3. The molecule has 1 amide bonds. The Labute approximate surface area is 120 Å². The zero-order chi connectivity index (χ0) is 15.0. The molecule has 0 aliphatic heterocycles. The van der Waals surface area contributed by atoms with E-state index in [1.165, 1.54) is 0 Å². The number of carbonyl (C=O) groups is 2. The van der Waals surface area contributed by atoms with Crippen LogP contribution in [-0.2, 0) is 14.3 Å². The summed E-state index contributed by atoms with van der Waals surface area (Å²) in [6.07, 6.45) is 8.65. The van der Waals surface area contributed by atoms with E-state index in [0.717, 1.165) is 0 Å². The Kier molecular flexibility index (Phi) is 6.77. The Morgan fingerprint density at radius 2 is 1.90 bits per heavy atom. The molecule has 0 saturated heterocycles. The lowest BCUT2D eigenvalue weighted by atomic mass is 9.93. The highest BCUT2D eigenvalue weighted by atomic mass is 16.5. The van der Waals surface area contributed by atoms with Crippen molar-refractivity contribution < 1.29 is 14.3 Å². The standard InChI is InChI=1S/C16H23NO3/c1-4-11-17(12-5-2)16(19)13-7-9-14(10-8-13)20-15(18)6-3/h4-5,7,9,13-14H,1-2,6,8,10-12H2,3H3. The Morgan fingerprint density at radius 3 is 2.35 bits per heavy atom. The molecule has 0 fully saturated rings. The summed E-state index contributed by atoms with van der Waals surface area (Å²) in [6, 6.07) is 0. The molecule has 0 aromatic carbocycles. The minimum atomic E-state index is -0.204. The van der Waals surface area contributed by atoms with E-state index < -0.39 is 0 Å². The molecule has 0 aromatic heterocycles. The molecule has 4 heteroatoms. The largest absolute Gasteiger partial charge is 0.458 e. The van der Waals surface area contributed by atoms with Gasteiger partial charge in [-0.2, -0.15) is 0 Å². The highest BCUT2D eigenvalue weighted by Gasteiger charge is 2.26. The number of amides is 1. The molecular weight excluding hydrogens is 254 g/mol. The average molecular weight is 277 g/mol. The third-order valence-electron chi connectivity index (χ3n) is 3.22. The first-order valence-corrected chi connectivity index (χ1v) is 7.00. The number of carbonyl (C=O) groups excluding carboxylic acids is 2. The minimum absolute atomic E-state index is 0.0707. The van der Waals surface area contributed by atoms with Crippen molar-refractivity contribution in [3.8, 4) is 0 Å². The number of esters is 1.